The van der Waals surface area contributed by atoms with Crippen molar-refractivity contribution < 1.29 is 4.74 Å². The zero-order valence-electron chi connectivity index (χ0n) is 13.4. The molecule has 0 spiro atoms. The van der Waals surface area contributed by atoms with Gasteiger partial charge in [-0.2, -0.15) is 0 Å². The zero-order valence-corrected chi connectivity index (χ0v) is 13.4. The number of rotatable bonds is 4. The van der Waals surface area contributed by atoms with Crippen LogP contribution in [0.1, 0.15) is 36.5 Å². The van der Waals surface area contributed by atoms with Crippen LogP contribution in [0.3, 0.4) is 0 Å². The van der Waals surface area contributed by atoms with Crippen LogP contribution in [0, 0.1) is 6.92 Å². The third kappa shape index (κ3) is 3.42. The van der Waals surface area contributed by atoms with Gasteiger partial charge in [0.25, 0.3) is 0 Å². The molecule has 3 heterocycles. The summed E-state index contributed by atoms with van der Waals surface area (Å²) in [7, 11) is 0. The van der Waals surface area contributed by atoms with Gasteiger partial charge in [0.05, 0.1) is 6.10 Å². The summed E-state index contributed by atoms with van der Waals surface area (Å²) in [6.45, 7) is 8.71. The number of hydrogen-bond donors (Lipinski definition) is 0. The lowest BCUT2D eigenvalue weighted by atomic mass is 10.1. The Hall–Kier alpha value is -2.01. The van der Waals surface area contributed by atoms with Crippen molar-refractivity contribution >= 4 is 0 Å². The Balaban J connectivity index is 1.74. The number of aromatic nitrogens is 3. The first-order chi connectivity index (χ1) is 10.6. The van der Waals surface area contributed by atoms with E-state index in [0.717, 1.165) is 43.3 Å². The minimum absolute atomic E-state index is 0.132. The van der Waals surface area contributed by atoms with Gasteiger partial charge >= 0.3 is 0 Å². The fourth-order valence-electron chi connectivity index (χ4n) is 2.72. The fraction of sp³-hybridized carbons (Fsp3) is 0.471. The van der Waals surface area contributed by atoms with E-state index in [1.807, 2.05) is 33.0 Å². The molecule has 3 rings (SSSR count). The molecular weight excluding hydrogens is 276 g/mol. The highest BCUT2D eigenvalue weighted by molar-refractivity contribution is 5.27. The molecule has 0 radical (unpaired) electrons. The summed E-state index contributed by atoms with van der Waals surface area (Å²) in [6.07, 6.45) is 4.84. The lowest BCUT2D eigenvalue weighted by molar-refractivity contribution is 0.211. The van der Waals surface area contributed by atoms with Crippen molar-refractivity contribution in [2.75, 3.05) is 6.54 Å². The van der Waals surface area contributed by atoms with E-state index in [0.29, 0.717) is 0 Å². The topological polar surface area (TPSA) is 51.1 Å². The average molecular weight is 298 g/mol. The van der Waals surface area contributed by atoms with Crippen molar-refractivity contribution in [3.05, 3.63) is 47.2 Å². The second kappa shape index (κ2) is 6.40. The highest BCUT2D eigenvalue weighted by Gasteiger charge is 2.19. The molecule has 5 heteroatoms. The van der Waals surface area contributed by atoms with Crippen molar-refractivity contribution in [2.24, 2.45) is 0 Å². The number of nitrogens with zero attached hydrogens (tertiary/aromatic N) is 4. The van der Waals surface area contributed by atoms with Crippen LogP contribution in [-0.4, -0.2) is 32.5 Å². The second-order valence-electron chi connectivity index (χ2n) is 5.98. The van der Waals surface area contributed by atoms with Gasteiger partial charge in [0.1, 0.15) is 5.82 Å². The summed E-state index contributed by atoms with van der Waals surface area (Å²) in [6, 6.07) is 4.05. The minimum atomic E-state index is 0.132. The molecule has 0 bridgehead atoms. The third-order valence-corrected chi connectivity index (χ3v) is 3.72. The van der Waals surface area contributed by atoms with Crippen LogP contribution >= 0.6 is 0 Å². The quantitative estimate of drug-likeness (QED) is 0.868. The van der Waals surface area contributed by atoms with Gasteiger partial charge < -0.3 is 4.74 Å². The Morgan fingerprint density at radius 2 is 2.18 bits per heavy atom. The molecule has 2 aromatic heterocycles. The normalized spacial score (nSPS) is 14.9. The lowest BCUT2D eigenvalue weighted by Crippen LogP contribution is -2.31. The first kappa shape index (κ1) is 14.9. The number of hydrogen-bond acceptors (Lipinski definition) is 5. The van der Waals surface area contributed by atoms with Gasteiger partial charge in [-0.1, -0.05) is 6.07 Å². The van der Waals surface area contributed by atoms with Crippen LogP contribution in [0.25, 0.3) is 0 Å². The predicted molar refractivity (Wildman–Crippen MR) is 84.6 cm³/mol. The van der Waals surface area contributed by atoms with E-state index in [-0.39, 0.29) is 6.10 Å². The first-order valence-electron chi connectivity index (χ1n) is 7.76. The van der Waals surface area contributed by atoms with Crippen molar-refractivity contribution in [3.63, 3.8) is 0 Å². The Morgan fingerprint density at radius 3 is 3.00 bits per heavy atom. The maximum absolute atomic E-state index is 5.81. The zero-order chi connectivity index (χ0) is 15.5. The van der Waals surface area contributed by atoms with Crippen LogP contribution in [0.2, 0.25) is 0 Å². The van der Waals surface area contributed by atoms with Gasteiger partial charge in [-0.15, -0.1) is 0 Å². The molecule has 0 saturated heterocycles. The average Bonchev–Trinajstić information content (AvgIpc) is 2.49. The Kier molecular flexibility index (Phi) is 4.34. The van der Waals surface area contributed by atoms with E-state index in [4.69, 9.17) is 4.74 Å². The molecule has 5 nitrogen and oxygen atoms in total. The highest BCUT2D eigenvalue weighted by atomic mass is 16.5. The van der Waals surface area contributed by atoms with Crippen LogP contribution in [0.5, 0.6) is 5.88 Å². The summed E-state index contributed by atoms with van der Waals surface area (Å²) in [5, 5.41) is 0. The largest absolute Gasteiger partial charge is 0.475 e. The number of ether oxygens (including phenoxy) is 1. The molecule has 0 N–H and O–H groups in total. The smallest absolute Gasteiger partial charge is 0.218 e. The Bertz CT molecular complexity index is 657. The maximum Gasteiger partial charge on any atom is 0.218 e. The van der Waals surface area contributed by atoms with Gasteiger partial charge in [0.2, 0.25) is 5.88 Å². The summed E-state index contributed by atoms with van der Waals surface area (Å²) < 4.78 is 5.81. The SMILES string of the molecule is Cc1ncc2c(n1)CCN(Cc1cccnc1OC(C)C)C2. The summed E-state index contributed by atoms with van der Waals surface area (Å²) in [5.74, 6) is 1.59. The van der Waals surface area contributed by atoms with E-state index >= 15 is 0 Å². The molecule has 0 aliphatic carbocycles. The molecule has 116 valence electrons. The van der Waals surface area contributed by atoms with Crippen LogP contribution in [-0.2, 0) is 19.5 Å². The molecule has 0 unspecified atom stereocenters. The molecule has 2 aromatic rings. The number of aryl methyl sites for hydroxylation is 1. The number of pyridine rings is 1. The molecule has 0 fully saturated rings. The monoisotopic (exact) mass is 298 g/mol. The van der Waals surface area contributed by atoms with Gasteiger partial charge in [-0.05, 0) is 26.8 Å². The predicted octanol–water partition coefficient (Wildman–Crippen LogP) is 2.53. The molecule has 22 heavy (non-hydrogen) atoms. The van der Waals surface area contributed by atoms with Crippen molar-refractivity contribution in [2.45, 2.75) is 46.4 Å². The van der Waals surface area contributed by atoms with Gasteiger partial charge in [-0.25, -0.2) is 15.0 Å². The molecular formula is C17H22N4O. The third-order valence-electron chi connectivity index (χ3n) is 3.72. The lowest BCUT2D eigenvalue weighted by Gasteiger charge is -2.28. The van der Waals surface area contributed by atoms with Crippen LogP contribution < -0.4 is 4.74 Å². The van der Waals surface area contributed by atoms with Gasteiger partial charge in [-0.3, -0.25) is 4.90 Å². The fourth-order valence-corrected chi connectivity index (χ4v) is 2.72. The van der Waals surface area contributed by atoms with Crippen molar-refractivity contribution in [1.82, 2.24) is 19.9 Å². The standard InChI is InChI=1S/C17H22N4O/c1-12(2)22-17-14(5-4-7-18-17)10-21-8-6-16-15(11-21)9-19-13(3)20-16/h4-5,7,9,12H,6,8,10-11H2,1-3H3. The maximum atomic E-state index is 5.81. The summed E-state index contributed by atoms with van der Waals surface area (Å²) >= 11 is 0. The molecule has 1 aliphatic rings. The van der Waals surface area contributed by atoms with Crippen LogP contribution in [0.4, 0.5) is 0 Å². The minimum Gasteiger partial charge on any atom is -0.475 e. The summed E-state index contributed by atoms with van der Waals surface area (Å²) in [4.78, 5) is 15.6. The highest BCUT2D eigenvalue weighted by Crippen LogP contribution is 2.22. The number of fused-ring (bicyclic) bond motifs is 1. The first-order valence-corrected chi connectivity index (χ1v) is 7.76. The van der Waals surface area contributed by atoms with Crippen molar-refractivity contribution in [3.8, 4) is 5.88 Å². The molecule has 1 aliphatic heterocycles. The summed E-state index contributed by atoms with van der Waals surface area (Å²) in [5.41, 5.74) is 3.55. The molecule has 0 saturated carbocycles. The molecule has 0 atom stereocenters. The van der Waals surface area contributed by atoms with Crippen LogP contribution in [0.15, 0.2) is 24.5 Å². The second-order valence-corrected chi connectivity index (χ2v) is 5.98. The molecule has 0 amide bonds. The Labute approximate surface area is 131 Å². The Morgan fingerprint density at radius 1 is 1.32 bits per heavy atom. The van der Waals surface area contributed by atoms with E-state index < -0.39 is 0 Å². The van der Waals surface area contributed by atoms with E-state index in [1.165, 1.54) is 11.3 Å². The van der Waals surface area contributed by atoms with E-state index in [2.05, 4.69) is 25.9 Å². The van der Waals surface area contributed by atoms with Crippen molar-refractivity contribution in [1.29, 1.82) is 0 Å². The van der Waals surface area contributed by atoms with E-state index in [9.17, 15) is 0 Å². The van der Waals surface area contributed by atoms with E-state index in [1.54, 1.807) is 6.20 Å². The van der Waals surface area contributed by atoms with Gasteiger partial charge in [0, 0.05) is 55.3 Å². The van der Waals surface area contributed by atoms with Gasteiger partial charge in [0.15, 0.2) is 0 Å². The molecule has 0 aromatic carbocycles.